The molecule has 2 heterocycles. The number of anilines is 1. The van der Waals surface area contributed by atoms with Crippen molar-refractivity contribution < 1.29 is 13.9 Å². The predicted molar refractivity (Wildman–Crippen MR) is 117 cm³/mol. The van der Waals surface area contributed by atoms with Crippen LogP contribution >= 0.6 is 0 Å². The maximum Gasteiger partial charge on any atom is 0.254 e. The molecule has 2 aromatic rings. The van der Waals surface area contributed by atoms with Crippen LogP contribution in [0.25, 0.3) is 0 Å². The third kappa shape index (κ3) is 4.43. The van der Waals surface area contributed by atoms with Gasteiger partial charge in [0.25, 0.3) is 5.91 Å². The highest BCUT2D eigenvalue weighted by Gasteiger charge is 2.30. The van der Waals surface area contributed by atoms with Gasteiger partial charge in [0.1, 0.15) is 11.6 Å². The van der Waals surface area contributed by atoms with Gasteiger partial charge in [0.2, 0.25) is 0 Å². The summed E-state index contributed by atoms with van der Waals surface area (Å²) in [5, 5.41) is 0. The van der Waals surface area contributed by atoms with Gasteiger partial charge < -0.3 is 14.5 Å². The zero-order valence-corrected chi connectivity index (χ0v) is 17.8. The highest BCUT2D eigenvalue weighted by molar-refractivity contribution is 5.94. The van der Waals surface area contributed by atoms with Crippen LogP contribution in [0.15, 0.2) is 42.5 Å². The van der Waals surface area contributed by atoms with Crippen molar-refractivity contribution in [2.75, 3.05) is 51.3 Å². The maximum atomic E-state index is 13.2. The van der Waals surface area contributed by atoms with Gasteiger partial charge in [-0.1, -0.05) is 6.07 Å². The number of aryl methyl sites for hydroxylation is 1. The number of rotatable bonds is 4. The number of piperidine rings is 1. The molecular weight excluding hydrogens is 381 g/mol. The minimum atomic E-state index is -0.199. The Hall–Kier alpha value is -2.60. The van der Waals surface area contributed by atoms with E-state index in [4.69, 9.17) is 4.74 Å². The van der Waals surface area contributed by atoms with E-state index in [9.17, 15) is 9.18 Å². The van der Waals surface area contributed by atoms with Gasteiger partial charge >= 0.3 is 0 Å². The number of hydrogen-bond donors (Lipinski definition) is 0. The molecule has 4 rings (SSSR count). The first-order valence-corrected chi connectivity index (χ1v) is 10.7. The number of halogens is 1. The number of methoxy groups -OCH3 is 1. The van der Waals surface area contributed by atoms with Crippen molar-refractivity contribution in [3.63, 3.8) is 0 Å². The molecule has 1 atom stereocenters. The smallest absolute Gasteiger partial charge is 0.254 e. The van der Waals surface area contributed by atoms with Crippen LogP contribution in [0.5, 0.6) is 5.75 Å². The zero-order valence-electron chi connectivity index (χ0n) is 17.8. The summed E-state index contributed by atoms with van der Waals surface area (Å²) in [4.78, 5) is 19.9. The first-order valence-electron chi connectivity index (χ1n) is 10.7. The van der Waals surface area contributed by atoms with Gasteiger partial charge in [0.15, 0.2) is 0 Å². The maximum absolute atomic E-state index is 13.2. The van der Waals surface area contributed by atoms with Crippen molar-refractivity contribution in [1.29, 1.82) is 0 Å². The lowest BCUT2D eigenvalue weighted by Crippen LogP contribution is -2.55. The summed E-state index contributed by atoms with van der Waals surface area (Å²) in [6, 6.07) is 12.8. The van der Waals surface area contributed by atoms with E-state index in [1.54, 1.807) is 7.11 Å². The molecule has 0 unspecified atom stereocenters. The lowest BCUT2D eigenvalue weighted by atomic mass is 10.0. The van der Waals surface area contributed by atoms with Crippen LogP contribution in [0.1, 0.15) is 28.8 Å². The van der Waals surface area contributed by atoms with Crippen molar-refractivity contribution in [3.8, 4) is 5.75 Å². The summed E-state index contributed by atoms with van der Waals surface area (Å²) in [6.45, 7) is 7.32. The van der Waals surface area contributed by atoms with Gasteiger partial charge in [-0.2, -0.15) is 0 Å². The Bertz CT molecular complexity index is 879. The first kappa shape index (κ1) is 20.7. The molecule has 0 spiro atoms. The molecule has 0 N–H and O–H groups in total. The van der Waals surface area contributed by atoms with E-state index in [0.29, 0.717) is 11.6 Å². The van der Waals surface area contributed by atoms with Crippen LogP contribution < -0.4 is 9.64 Å². The summed E-state index contributed by atoms with van der Waals surface area (Å²) < 4.78 is 18.6. The molecule has 2 aliphatic rings. The molecule has 6 heteroatoms. The molecule has 30 heavy (non-hydrogen) atoms. The van der Waals surface area contributed by atoms with Crippen molar-refractivity contribution >= 4 is 11.6 Å². The van der Waals surface area contributed by atoms with E-state index in [1.807, 2.05) is 42.2 Å². The number of hydrogen-bond acceptors (Lipinski definition) is 4. The van der Waals surface area contributed by atoms with Gasteiger partial charge in [0, 0.05) is 56.6 Å². The molecule has 2 aliphatic heterocycles. The number of nitrogens with zero attached hydrogens (tertiary/aromatic N) is 3. The highest BCUT2D eigenvalue weighted by Crippen LogP contribution is 2.24. The van der Waals surface area contributed by atoms with Crippen LogP contribution in [0.3, 0.4) is 0 Å². The normalized spacial score (nSPS) is 20.3. The molecule has 160 valence electrons. The highest BCUT2D eigenvalue weighted by atomic mass is 19.1. The Labute approximate surface area is 178 Å². The molecule has 2 aromatic carbocycles. The summed E-state index contributed by atoms with van der Waals surface area (Å²) in [5.74, 6) is 0.643. The number of ether oxygens (including phenoxy) is 1. The standard InChI is InChI=1S/C24H30FN3O2/c1-18-5-6-19(16-23(18)30-2)24(29)28-11-3-4-22(17-28)27-14-12-26(13-15-27)21-9-7-20(25)8-10-21/h5-10,16,22H,3-4,11-15,17H2,1-2H3/t22-/m0/s1. The topological polar surface area (TPSA) is 36.0 Å². The minimum absolute atomic E-state index is 0.0861. The van der Waals surface area contributed by atoms with Gasteiger partial charge in [-0.25, -0.2) is 4.39 Å². The summed E-state index contributed by atoms with van der Waals surface area (Å²) >= 11 is 0. The molecule has 1 amide bonds. The monoisotopic (exact) mass is 411 g/mol. The summed E-state index contributed by atoms with van der Waals surface area (Å²) in [5.41, 5.74) is 2.80. The summed E-state index contributed by atoms with van der Waals surface area (Å²) in [7, 11) is 1.64. The van der Waals surface area contributed by atoms with Gasteiger partial charge in [-0.05, 0) is 61.7 Å². The second kappa shape index (κ2) is 9.04. The number of piperazine rings is 1. The number of benzene rings is 2. The van der Waals surface area contributed by atoms with E-state index in [1.165, 1.54) is 12.1 Å². The van der Waals surface area contributed by atoms with Gasteiger partial charge in [-0.15, -0.1) is 0 Å². The molecule has 0 radical (unpaired) electrons. The molecule has 0 aromatic heterocycles. The predicted octanol–water partition coefficient (Wildman–Crippen LogP) is 3.57. The third-order valence-corrected chi connectivity index (χ3v) is 6.36. The fourth-order valence-electron chi connectivity index (χ4n) is 4.57. The number of amides is 1. The Morgan fingerprint density at radius 2 is 1.77 bits per heavy atom. The second-order valence-electron chi connectivity index (χ2n) is 8.23. The fourth-order valence-corrected chi connectivity index (χ4v) is 4.57. The Balaban J connectivity index is 1.36. The average molecular weight is 412 g/mol. The molecule has 0 bridgehead atoms. The number of carbonyl (C=O) groups is 1. The molecule has 2 saturated heterocycles. The Morgan fingerprint density at radius 1 is 1.03 bits per heavy atom. The molecule has 5 nitrogen and oxygen atoms in total. The largest absolute Gasteiger partial charge is 0.496 e. The minimum Gasteiger partial charge on any atom is -0.496 e. The van der Waals surface area contributed by atoms with Crippen LogP contribution in [-0.2, 0) is 0 Å². The number of likely N-dealkylation sites (tertiary alicyclic amines) is 1. The van der Waals surface area contributed by atoms with Crippen LogP contribution in [-0.4, -0.2) is 68.1 Å². The molecule has 0 saturated carbocycles. The second-order valence-corrected chi connectivity index (χ2v) is 8.23. The molecular formula is C24H30FN3O2. The van der Waals surface area contributed by atoms with Crippen LogP contribution in [0, 0.1) is 12.7 Å². The zero-order chi connectivity index (χ0) is 21.1. The Kier molecular flexibility index (Phi) is 6.23. The van der Waals surface area contributed by atoms with E-state index in [2.05, 4.69) is 9.80 Å². The van der Waals surface area contributed by atoms with Crippen molar-refractivity contribution in [1.82, 2.24) is 9.80 Å². The van der Waals surface area contributed by atoms with Crippen molar-refractivity contribution in [3.05, 3.63) is 59.4 Å². The Morgan fingerprint density at radius 3 is 2.47 bits per heavy atom. The average Bonchev–Trinajstić information content (AvgIpc) is 2.80. The number of carbonyl (C=O) groups excluding carboxylic acids is 1. The van der Waals surface area contributed by atoms with Crippen LogP contribution in [0.4, 0.5) is 10.1 Å². The fraction of sp³-hybridized carbons (Fsp3) is 0.458. The van der Waals surface area contributed by atoms with E-state index in [0.717, 1.165) is 69.1 Å². The van der Waals surface area contributed by atoms with Gasteiger partial charge in [-0.3, -0.25) is 9.69 Å². The summed E-state index contributed by atoms with van der Waals surface area (Å²) in [6.07, 6.45) is 2.15. The lowest BCUT2D eigenvalue weighted by Gasteiger charge is -2.44. The quantitative estimate of drug-likeness (QED) is 0.771. The van der Waals surface area contributed by atoms with Gasteiger partial charge in [0.05, 0.1) is 7.11 Å². The van der Waals surface area contributed by atoms with E-state index in [-0.39, 0.29) is 11.7 Å². The lowest BCUT2D eigenvalue weighted by molar-refractivity contribution is 0.0563. The van der Waals surface area contributed by atoms with Crippen molar-refractivity contribution in [2.24, 2.45) is 0 Å². The van der Waals surface area contributed by atoms with E-state index >= 15 is 0 Å². The molecule has 2 fully saturated rings. The first-order chi connectivity index (χ1) is 14.5. The van der Waals surface area contributed by atoms with Crippen molar-refractivity contribution in [2.45, 2.75) is 25.8 Å². The van der Waals surface area contributed by atoms with E-state index < -0.39 is 0 Å². The SMILES string of the molecule is COc1cc(C(=O)N2CCC[C@H](N3CCN(c4ccc(F)cc4)CC3)C2)ccc1C. The van der Waals surface area contributed by atoms with Crippen LogP contribution in [0.2, 0.25) is 0 Å². The third-order valence-electron chi connectivity index (χ3n) is 6.36. The molecule has 0 aliphatic carbocycles.